The number of hydrogen-bond acceptors (Lipinski definition) is 3. The van der Waals surface area contributed by atoms with Gasteiger partial charge in [-0.1, -0.05) is 0 Å². The molecule has 3 aliphatic rings. The summed E-state index contributed by atoms with van der Waals surface area (Å²) in [5, 5.41) is 3.12. The lowest BCUT2D eigenvalue weighted by molar-refractivity contribution is -0.125. The normalized spacial score (nSPS) is 36.1. The molecule has 3 fully saturated rings. The van der Waals surface area contributed by atoms with Gasteiger partial charge in [0.05, 0.1) is 0 Å². The fourth-order valence-electron chi connectivity index (χ4n) is 3.92. The molecule has 1 saturated carbocycles. The van der Waals surface area contributed by atoms with Gasteiger partial charge in [-0.25, -0.2) is 0 Å². The Balaban J connectivity index is 1.46. The lowest BCUT2D eigenvalue weighted by atomic mass is 9.85. The van der Waals surface area contributed by atoms with E-state index in [9.17, 15) is 9.59 Å². The quantitative estimate of drug-likeness (QED) is 0.837. The van der Waals surface area contributed by atoms with Crippen LogP contribution in [0.4, 0.5) is 0 Å². The molecule has 1 N–H and O–H groups in total. The SMILES string of the molecule is O=C1CCC2CN(CCC3CCCC3=O)CCC2N1. The van der Waals surface area contributed by atoms with E-state index < -0.39 is 0 Å². The average molecular weight is 264 g/mol. The van der Waals surface area contributed by atoms with Crippen molar-refractivity contribution in [3.05, 3.63) is 0 Å². The molecular formula is C15H24N2O2. The minimum Gasteiger partial charge on any atom is -0.353 e. The van der Waals surface area contributed by atoms with E-state index in [2.05, 4.69) is 10.2 Å². The number of amides is 1. The summed E-state index contributed by atoms with van der Waals surface area (Å²) < 4.78 is 0. The summed E-state index contributed by atoms with van der Waals surface area (Å²) in [7, 11) is 0. The van der Waals surface area contributed by atoms with Crippen molar-refractivity contribution in [2.24, 2.45) is 11.8 Å². The highest BCUT2D eigenvalue weighted by molar-refractivity contribution is 5.82. The van der Waals surface area contributed by atoms with E-state index in [0.717, 1.165) is 58.2 Å². The Morgan fingerprint density at radius 2 is 2.05 bits per heavy atom. The predicted octanol–water partition coefficient (Wildman–Crippen LogP) is 1.35. The molecule has 4 nitrogen and oxygen atoms in total. The molecule has 106 valence electrons. The number of carbonyl (C=O) groups is 2. The zero-order valence-corrected chi connectivity index (χ0v) is 11.6. The van der Waals surface area contributed by atoms with Crippen LogP contribution in [-0.4, -0.2) is 42.3 Å². The number of carbonyl (C=O) groups excluding carboxylic acids is 2. The number of likely N-dealkylation sites (tertiary alicyclic amines) is 1. The van der Waals surface area contributed by atoms with Gasteiger partial charge in [0.15, 0.2) is 0 Å². The highest BCUT2D eigenvalue weighted by Gasteiger charge is 2.34. The molecule has 1 amide bonds. The van der Waals surface area contributed by atoms with E-state index in [1.165, 1.54) is 0 Å². The standard InChI is InChI=1S/C15H24N2O2/c18-14-3-1-2-11(14)6-8-17-9-7-13-12(10-17)4-5-15(19)16-13/h11-13H,1-10H2,(H,16,19). The monoisotopic (exact) mass is 264 g/mol. The second kappa shape index (κ2) is 5.61. The number of hydrogen-bond donors (Lipinski definition) is 1. The maximum absolute atomic E-state index is 11.6. The molecular weight excluding hydrogens is 240 g/mol. The molecule has 0 aromatic heterocycles. The number of fused-ring (bicyclic) bond motifs is 1. The minimum atomic E-state index is 0.228. The first kappa shape index (κ1) is 13.1. The van der Waals surface area contributed by atoms with E-state index in [-0.39, 0.29) is 5.91 Å². The van der Waals surface area contributed by atoms with Gasteiger partial charge in [-0.15, -0.1) is 0 Å². The van der Waals surface area contributed by atoms with Crippen LogP contribution in [0.1, 0.15) is 44.9 Å². The Bertz CT molecular complexity index is 369. The van der Waals surface area contributed by atoms with Crippen LogP contribution < -0.4 is 5.32 Å². The Labute approximate surface area is 114 Å². The largest absolute Gasteiger partial charge is 0.353 e. The van der Waals surface area contributed by atoms with Crippen molar-refractivity contribution in [3.8, 4) is 0 Å². The molecule has 3 atom stereocenters. The van der Waals surface area contributed by atoms with Gasteiger partial charge in [-0.05, 0) is 44.6 Å². The van der Waals surface area contributed by atoms with E-state index in [1.807, 2.05) is 0 Å². The molecule has 3 rings (SSSR count). The van der Waals surface area contributed by atoms with Gasteiger partial charge in [0, 0.05) is 37.9 Å². The van der Waals surface area contributed by atoms with Crippen LogP contribution in [0, 0.1) is 11.8 Å². The number of ketones is 1. The summed E-state index contributed by atoms with van der Waals surface area (Å²) >= 11 is 0. The highest BCUT2D eigenvalue weighted by atomic mass is 16.1. The minimum absolute atomic E-state index is 0.228. The number of piperidine rings is 2. The maximum atomic E-state index is 11.6. The van der Waals surface area contributed by atoms with Crippen LogP contribution in [-0.2, 0) is 9.59 Å². The molecule has 2 saturated heterocycles. The summed E-state index contributed by atoms with van der Waals surface area (Å²) in [6, 6.07) is 0.408. The zero-order chi connectivity index (χ0) is 13.2. The van der Waals surface area contributed by atoms with Crippen LogP contribution in [0.5, 0.6) is 0 Å². The highest BCUT2D eigenvalue weighted by Crippen LogP contribution is 2.28. The van der Waals surface area contributed by atoms with Crippen molar-refractivity contribution in [2.45, 2.75) is 51.0 Å². The van der Waals surface area contributed by atoms with Crippen LogP contribution in [0.25, 0.3) is 0 Å². The molecule has 3 unspecified atom stereocenters. The summed E-state index contributed by atoms with van der Waals surface area (Å²) in [6.45, 7) is 3.24. The second-order valence-electron chi connectivity index (χ2n) is 6.41. The lowest BCUT2D eigenvalue weighted by Crippen LogP contribution is -2.54. The van der Waals surface area contributed by atoms with E-state index in [1.54, 1.807) is 0 Å². The van der Waals surface area contributed by atoms with Crippen LogP contribution in [0.3, 0.4) is 0 Å². The van der Waals surface area contributed by atoms with E-state index >= 15 is 0 Å². The third-order valence-electron chi connectivity index (χ3n) is 5.13. The Hall–Kier alpha value is -0.900. The third kappa shape index (κ3) is 2.99. The number of nitrogens with one attached hydrogen (secondary N) is 1. The molecule has 4 heteroatoms. The molecule has 0 bridgehead atoms. The molecule has 0 aromatic rings. The summed E-state index contributed by atoms with van der Waals surface area (Å²) in [6.07, 6.45) is 6.86. The zero-order valence-electron chi connectivity index (χ0n) is 11.6. The van der Waals surface area contributed by atoms with Gasteiger partial charge in [0.2, 0.25) is 5.91 Å². The van der Waals surface area contributed by atoms with Gasteiger partial charge in [-0.3, -0.25) is 9.59 Å². The fraction of sp³-hybridized carbons (Fsp3) is 0.867. The molecule has 2 aliphatic heterocycles. The maximum Gasteiger partial charge on any atom is 0.220 e. The van der Waals surface area contributed by atoms with Crippen LogP contribution in [0.2, 0.25) is 0 Å². The summed E-state index contributed by atoms with van der Waals surface area (Å²) in [4.78, 5) is 25.5. The van der Waals surface area contributed by atoms with Crippen molar-refractivity contribution in [1.82, 2.24) is 10.2 Å². The molecule has 0 spiro atoms. The number of nitrogens with zero attached hydrogens (tertiary/aromatic N) is 1. The smallest absolute Gasteiger partial charge is 0.220 e. The van der Waals surface area contributed by atoms with Crippen molar-refractivity contribution >= 4 is 11.7 Å². The average Bonchev–Trinajstić information content (AvgIpc) is 2.82. The molecule has 0 aromatic carbocycles. The van der Waals surface area contributed by atoms with E-state index in [4.69, 9.17) is 0 Å². The second-order valence-corrected chi connectivity index (χ2v) is 6.41. The Kier molecular flexibility index (Phi) is 3.87. The van der Waals surface area contributed by atoms with Crippen molar-refractivity contribution in [1.29, 1.82) is 0 Å². The lowest BCUT2D eigenvalue weighted by Gasteiger charge is -2.41. The molecule has 0 radical (unpaired) electrons. The van der Waals surface area contributed by atoms with E-state index in [0.29, 0.717) is 30.1 Å². The fourth-order valence-corrected chi connectivity index (χ4v) is 3.92. The number of Topliss-reactive ketones (excluding diaryl/α,β-unsaturated/α-hetero) is 1. The predicted molar refractivity (Wildman–Crippen MR) is 72.7 cm³/mol. The third-order valence-corrected chi connectivity index (χ3v) is 5.13. The first-order valence-corrected chi connectivity index (χ1v) is 7.77. The topological polar surface area (TPSA) is 49.4 Å². The van der Waals surface area contributed by atoms with Crippen molar-refractivity contribution in [3.63, 3.8) is 0 Å². The van der Waals surface area contributed by atoms with Crippen LogP contribution >= 0.6 is 0 Å². The van der Waals surface area contributed by atoms with Gasteiger partial charge >= 0.3 is 0 Å². The Morgan fingerprint density at radius 3 is 2.84 bits per heavy atom. The molecule has 1 aliphatic carbocycles. The first-order valence-electron chi connectivity index (χ1n) is 7.77. The number of rotatable bonds is 3. The Morgan fingerprint density at radius 1 is 1.16 bits per heavy atom. The van der Waals surface area contributed by atoms with Gasteiger partial charge < -0.3 is 10.2 Å². The van der Waals surface area contributed by atoms with Crippen LogP contribution in [0.15, 0.2) is 0 Å². The molecule has 2 heterocycles. The van der Waals surface area contributed by atoms with Gasteiger partial charge in [-0.2, -0.15) is 0 Å². The van der Waals surface area contributed by atoms with Gasteiger partial charge in [0.25, 0.3) is 0 Å². The van der Waals surface area contributed by atoms with Gasteiger partial charge in [0.1, 0.15) is 5.78 Å². The summed E-state index contributed by atoms with van der Waals surface area (Å²) in [5.41, 5.74) is 0. The summed E-state index contributed by atoms with van der Waals surface area (Å²) in [5.74, 6) is 1.68. The van der Waals surface area contributed by atoms with Crippen molar-refractivity contribution in [2.75, 3.05) is 19.6 Å². The van der Waals surface area contributed by atoms with Crippen molar-refractivity contribution < 1.29 is 9.59 Å². The molecule has 19 heavy (non-hydrogen) atoms. The first-order chi connectivity index (χ1) is 9.22.